The zero-order chi connectivity index (χ0) is 27.5. The zero-order valence-corrected chi connectivity index (χ0v) is 20.0. The lowest BCUT2D eigenvalue weighted by Crippen LogP contribution is -2.21. The monoisotopic (exact) mass is 521 g/mol. The molecule has 1 unspecified atom stereocenters. The second-order valence-corrected chi connectivity index (χ2v) is 8.27. The average Bonchev–Trinajstić information content (AvgIpc) is 3.15. The SMILES string of the molecule is COc1ccc(-c2nc(C)c3c(n2)N(c2ccc(CC(=O)O)cc2)CC3C)cc1F.O=C(O)C(F)(F)F. The summed E-state index contributed by atoms with van der Waals surface area (Å²) in [6.07, 6.45) is -5.10. The third-order valence-electron chi connectivity index (χ3n) is 5.58. The van der Waals surface area contributed by atoms with Crippen molar-refractivity contribution in [2.75, 3.05) is 18.6 Å². The fraction of sp³-hybridized carbons (Fsp3) is 0.280. The molecular formula is C25H23F4N3O5. The topological polar surface area (TPSA) is 113 Å². The first-order valence-electron chi connectivity index (χ1n) is 10.9. The molecule has 1 aliphatic rings. The molecule has 0 saturated carbocycles. The number of alkyl halides is 3. The number of rotatable bonds is 5. The lowest BCUT2D eigenvalue weighted by Gasteiger charge is -2.20. The van der Waals surface area contributed by atoms with E-state index in [4.69, 9.17) is 24.7 Å². The number of methoxy groups -OCH3 is 1. The molecule has 0 amide bonds. The zero-order valence-electron chi connectivity index (χ0n) is 20.0. The number of hydrogen-bond donors (Lipinski definition) is 2. The largest absolute Gasteiger partial charge is 0.494 e. The van der Waals surface area contributed by atoms with Gasteiger partial charge in [0.15, 0.2) is 17.4 Å². The molecule has 0 radical (unpaired) electrons. The molecule has 2 heterocycles. The van der Waals surface area contributed by atoms with Gasteiger partial charge < -0.3 is 19.8 Å². The number of ether oxygens (including phenoxy) is 1. The molecule has 196 valence electrons. The lowest BCUT2D eigenvalue weighted by molar-refractivity contribution is -0.192. The summed E-state index contributed by atoms with van der Waals surface area (Å²) in [7, 11) is 1.43. The Morgan fingerprint density at radius 3 is 2.24 bits per heavy atom. The first-order valence-corrected chi connectivity index (χ1v) is 10.9. The third kappa shape index (κ3) is 6.32. The number of hydrogen-bond acceptors (Lipinski definition) is 6. The minimum absolute atomic E-state index is 0.0122. The fourth-order valence-corrected chi connectivity index (χ4v) is 3.93. The van der Waals surface area contributed by atoms with Gasteiger partial charge in [-0.15, -0.1) is 0 Å². The molecule has 2 aromatic carbocycles. The summed E-state index contributed by atoms with van der Waals surface area (Å²) in [4.78, 5) is 31.3. The van der Waals surface area contributed by atoms with Crippen molar-refractivity contribution in [2.45, 2.75) is 32.4 Å². The molecule has 0 spiro atoms. The molecule has 12 heteroatoms. The highest BCUT2D eigenvalue weighted by molar-refractivity contribution is 5.74. The summed E-state index contributed by atoms with van der Waals surface area (Å²) < 4.78 is 50.9. The summed E-state index contributed by atoms with van der Waals surface area (Å²) in [5.74, 6) is -2.42. The minimum Gasteiger partial charge on any atom is -0.494 e. The van der Waals surface area contributed by atoms with Crippen molar-refractivity contribution in [3.8, 4) is 17.1 Å². The van der Waals surface area contributed by atoms with Crippen LogP contribution < -0.4 is 9.64 Å². The van der Waals surface area contributed by atoms with E-state index in [0.29, 0.717) is 11.4 Å². The Balaban J connectivity index is 0.000000479. The summed E-state index contributed by atoms with van der Waals surface area (Å²) in [5, 5.41) is 16.1. The maximum atomic E-state index is 14.2. The number of anilines is 2. The van der Waals surface area contributed by atoms with Gasteiger partial charge in [0.2, 0.25) is 0 Å². The van der Waals surface area contributed by atoms with Crippen LogP contribution in [0, 0.1) is 12.7 Å². The van der Waals surface area contributed by atoms with Crippen LogP contribution in [0.1, 0.15) is 29.7 Å². The molecule has 0 saturated heterocycles. The Morgan fingerprint density at radius 1 is 1.11 bits per heavy atom. The van der Waals surface area contributed by atoms with Gasteiger partial charge in [-0.1, -0.05) is 19.1 Å². The molecule has 37 heavy (non-hydrogen) atoms. The van der Waals surface area contributed by atoms with Crippen molar-refractivity contribution < 1.29 is 42.1 Å². The molecule has 1 atom stereocenters. The maximum Gasteiger partial charge on any atom is 0.490 e. The molecule has 4 rings (SSSR count). The average molecular weight is 521 g/mol. The summed E-state index contributed by atoms with van der Waals surface area (Å²) in [6, 6.07) is 12.1. The Labute approximate surface area is 209 Å². The fourth-order valence-electron chi connectivity index (χ4n) is 3.93. The Bertz CT molecular complexity index is 1310. The molecule has 3 aromatic rings. The highest BCUT2D eigenvalue weighted by atomic mass is 19.4. The van der Waals surface area contributed by atoms with Crippen LogP contribution in [0.3, 0.4) is 0 Å². The van der Waals surface area contributed by atoms with Crippen molar-refractivity contribution in [3.63, 3.8) is 0 Å². The number of fused-ring (bicyclic) bond motifs is 1. The number of aliphatic carboxylic acids is 2. The van der Waals surface area contributed by atoms with Crippen LogP contribution in [-0.2, 0) is 16.0 Å². The molecule has 0 fully saturated rings. The van der Waals surface area contributed by atoms with Crippen LogP contribution in [0.2, 0.25) is 0 Å². The van der Waals surface area contributed by atoms with E-state index in [1.807, 2.05) is 31.2 Å². The van der Waals surface area contributed by atoms with E-state index in [1.165, 1.54) is 13.2 Å². The standard InChI is InChI=1S/C23H22FN3O3.C2HF3O2/c1-13-12-27(17-7-4-15(5-8-17)10-20(28)29)23-21(13)14(2)25-22(26-23)16-6-9-19(30-3)18(24)11-16;3-2(4,5)1(6)7/h4-9,11,13H,10,12H2,1-3H3,(H,28,29);(H,6,7). The number of halogens is 4. The van der Waals surface area contributed by atoms with Crippen LogP contribution in [-0.4, -0.2) is 52.0 Å². The molecule has 1 aliphatic heterocycles. The van der Waals surface area contributed by atoms with Gasteiger partial charge in [0.05, 0.1) is 13.5 Å². The van der Waals surface area contributed by atoms with Gasteiger partial charge in [-0.2, -0.15) is 13.2 Å². The molecular weight excluding hydrogens is 498 g/mol. The van der Waals surface area contributed by atoms with Crippen molar-refractivity contribution in [2.24, 2.45) is 0 Å². The smallest absolute Gasteiger partial charge is 0.490 e. The van der Waals surface area contributed by atoms with Gasteiger partial charge in [0, 0.05) is 35.0 Å². The molecule has 2 N–H and O–H groups in total. The van der Waals surface area contributed by atoms with Crippen molar-refractivity contribution in [3.05, 3.63) is 65.1 Å². The summed E-state index contributed by atoms with van der Waals surface area (Å²) >= 11 is 0. The van der Waals surface area contributed by atoms with Crippen LogP contribution in [0.4, 0.5) is 29.1 Å². The van der Waals surface area contributed by atoms with Crippen LogP contribution in [0.5, 0.6) is 5.75 Å². The number of carboxylic acid groups (broad SMARTS) is 2. The highest BCUT2D eigenvalue weighted by Gasteiger charge is 2.38. The molecule has 1 aromatic heterocycles. The van der Waals surface area contributed by atoms with Crippen LogP contribution in [0.25, 0.3) is 11.4 Å². The van der Waals surface area contributed by atoms with Gasteiger partial charge in [0.1, 0.15) is 5.82 Å². The van der Waals surface area contributed by atoms with Crippen molar-refractivity contribution in [1.29, 1.82) is 0 Å². The van der Waals surface area contributed by atoms with E-state index < -0.39 is 23.9 Å². The third-order valence-corrected chi connectivity index (χ3v) is 5.58. The van der Waals surface area contributed by atoms with Gasteiger partial charge in [0.25, 0.3) is 0 Å². The van der Waals surface area contributed by atoms with Gasteiger partial charge in [-0.3, -0.25) is 4.79 Å². The number of aryl methyl sites for hydroxylation is 1. The first kappa shape index (κ1) is 27.4. The number of nitrogens with zero attached hydrogens (tertiary/aromatic N) is 3. The van der Waals surface area contributed by atoms with E-state index in [0.717, 1.165) is 34.9 Å². The van der Waals surface area contributed by atoms with E-state index in [-0.39, 0.29) is 18.1 Å². The van der Waals surface area contributed by atoms with E-state index >= 15 is 0 Å². The van der Waals surface area contributed by atoms with Gasteiger partial charge in [-0.25, -0.2) is 19.2 Å². The Kier molecular flexibility index (Phi) is 7.99. The molecule has 0 aliphatic carbocycles. The van der Waals surface area contributed by atoms with Crippen LogP contribution >= 0.6 is 0 Å². The number of carboxylic acids is 2. The van der Waals surface area contributed by atoms with Gasteiger partial charge >= 0.3 is 18.1 Å². The minimum atomic E-state index is -5.08. The lowest BCUT2D eigenvalue weighted by atomic mass is 10.0. The highest BCUT2D eigenvalue weighted by Crippen LogP contribution is 2.41. The summed E-state index contributed by atoms with van der Waals surface area (Å²) in [6.45, 7) is 4.81. The molecule has 0 bridgehead atoms. The Morgan fingerprint density at radius 2 is 1.73 bits per heavy atom. The predicted molar refractivity (Wildman–Crippen MR) is 126 cm³/mol. The second kappa shape index (κ2) is 10.8. The number of benzene rings is 2. The van der Waals surface area contributed by atoms with E-state index in [1.54, 1.807) is 12.1 Å². The van der Waals surface area contributed by atoms with Crippen molar-refractivity contribution in [1.82, 2.24) is 9.97 Å². The first-order chi connectivity index (χ1) is 17.3. The predicted octanol–water partition coefficient (Wildman–Crippen LogP) is 5.12. The quantitative estimate of drug-likeness (QED) is 0.445. The number of carbonyl (C=O) groups is 2. The maximum absolute atomic E-state index is 14.2. The summed E-state index contributed by atoms with van der Waals surface area (Å²) in [5.41, 5.74) is 4.19. The second-order valence-electron chi connectivity index (χ2n) is 8.27. The van der Waals surface area contributed by atoms with Gasteiger partial charge in [-0.05, 0) is 42.8 Å². The van der Waals surface area contributed by atoms with E-state index in [2.05, 4.69) is 16.8 Å². The number of aromatic nitrogens is 2. The van der Waals surface area contributed by atoms with Crippen molar-refractivity contribution >= 4 is 23.4 Å². The molecule has 8 nitrogen and oxygen atoms in total. The van der Waals surface area contributed by atoms with E-state index in [9.17, 15) is 22.4 Å². The van der Waals surface area contributed by atoms with Crippen LogP contribution in [0.15, 0.2) is 42.5 Å². The normalized spacial score (nSPS) is 14.5. The Hall–Kier alpha value is -4.22.